The lowest BCUT2D eigenvalue weighted by atomic mass is 10.1. The molecular weight excluding hydrogens is 412 g/mol. The van der Waals surface area contributed by atoms with Crippen molar-refractivity contribution in [1.82, 2.24) is 9.80 Å². The molecule has 2 amide bonds. The molecule has 7 nitrogen and oxygen atoms in total. The number of quaternary nitrogens is 1. The van der Waals surface area contributed by atoms with Gasteiger partial charge in [0.2, 0.25) is 0 Å². The standard InChI is InChI=1S/C19H25BrN4O3/c1-19(2,3)27-18(26)24-10-8-23(9-11-24)17(25)14-4-6-16(7-5-14)22-13-15(20)12-21/h4-7,12-13,21-22H,8-11H2,1-3H3/p+1. The van der Waals surface area contributed by atoms with Gasteiger partial charge in [-0.1, -0.05) is 0 Å². The van der Waals surface area contributed by atoms with Crippen LogP contribution in [0, 0.1) is 5.41 Å². The molecule has 1 heterocycles. The minimum Gasteiger partial charge on any atom is -0.444 e. The topological polar surface area (TPSA) is 90.3 Å². The SMILES string of the molecule is CC(C)(C)OC(=O)N1CCN(C(=O)c2ccc([NH2+]C=C(Br)C=N)cc2)CC1. The zero-order chi connectivity index (χ0) is 20.0. The van der Waals surface area contributed by atoms with Crippen molar-refractivity contribution in [3.05, 3.63) is 40.5 Å². The molecule has 146 valence electrons. The van der Waals surface area contributed by atoms with Gasteiger partial charge in [-0.05, 0) is 48.8 Å². The number of nitrogens with zero attached hydrogens (tertiary/aromatic N) is 2. The molecule has 0 aromatic heterocycles. The van der Waals surface area contributed by atoms with E-state index in [0.29, 0.717) is 36.2 Å². The fourth-order valence-electron chi connectivity index (χ4n) is 2.56. The second-order valence-electron chi connectivity index (χ2n) is 7.24. The van der Waals surface area contributed by atoms with E-state index in [-0.39, 0.29) is 12.0 Å². The Kier molecular flexibility index (Phi) is 7.15. The highest BCUT2D eigenvalue weighted by Gasteiger charge is 2.28. The number of carbonyl (C=O) groups excluding carboxylic acids is 2. The number of ether oxygens (including phenoxy) is 1. The molecule has 3 N–H and O–H groups in total. The molecule has 8 heteroatoms. The molecule has 0 radical (unpaired) electrons. The summed E-state index contributed by atoms with van der Waals surface area (Å²) in [6, 6.07) is 7.32. The third-order valence-corrected chi connectivity index (χ3v) is 4.44. The van der Waals surface area contributed by atoms with Crippen LogP contribution >= 0.6 is 15.9 Å². The molecule has 1 saturated heterocycles. The highest BCUT2D eigenvalue weighted by Crippen LogP contribution is 2.14. The number of rotatable bonds is 4. The minimum absolute atomic E-state index is 0.0402. The Morgan fingerprint density at radius 1 is 1.11 bits per heavy atom. The van der Waals surface area contributed by atoms with Gasteiger partial charge in [-0.15, -0.1) is 0 Å². The predicted molar refractivity (Wildman–Crippen MR) is 108 cm³/mol. The quantitative estimate of drug-likeness (QED) is 0.559. The zero-order valence-electron chi connectivity index (χ0n) is 15.9. The smallest absolute Gasteiger partial charge is 0.410 e. The molecule has 1 aliphatic rings. The predicted octanol–water partition coefficient (Wildman–Crippen LogP) is 2.46. The van der Waals surface area contributed by atoms with E-state index >= 15 is 0 Å². The molecule has 27 heavy (non-hydrogen) atoms. The van der Waals surface area contributed by atoms with Crippen molar-refractivity contribution in [2.75, 3.05) is 26.2 Å². The van der Waals surface area contributed by atoms with E-state index in [4.69, 9.17) is 10.1 Å². The minimum atomic E-state index is -0.522. The Balaban J connectivity index is 1.90. The van der Waals surface area contributed by atoms with Gasteiger partial charge in [-0.3, -0.25) is 10.1 Å². The number of piperazine rings is 1. The number of amides is 2. The van der Waals surface area contributed by atoms with E-state index in [1.54, 1.807) is 28.1 Å². The van der Waals surface area contributed by atoms with Crippen LogP contribution in [-0.2, 0) is 4.74 Å². The van der Waals surface area contributed by atoms with Crippen LogP contribution in [0.15, 0.2) is 34.9 Å². The summed E-state index contributed by atoms with van der Waals surface area (Å²) in [4.78, 5) is 28.2. The summed E-state index contributed by atoms with van der Waals surface area (Å²) in [6.07, 6.45) is 2.66. The summed E-state index contributed by atoms with van der Waals surface area (Å²) in [7, 11) is 0. The molecule has 1 fully saturated rings. The molecule has 1 aliphatic heterocycles. The summed E-state index contributed by atoms with van der Waals surface area (Å²) in [5, 5.41) is 8.98. The van der Waals surface area contributed by atoms with Gasteiger partial charge in [-0.25, -0.2) is 4.79 Å². The van der Waals surface area contributed by atoms with Gasteiger partial charge in [-0.2, -0.15) is 0 Å². The van der Waals surface area contributed by atoms with Gasteiger partial charge < -0.3 is 19.9 Å². The third-order valence-electron chi connectivity index (χ3n) is 3.95. The molecule has 1 aromatic rings. The summed E-state index contributed by atoms with van der Waals surface area (Å²) in [5.41, 5.74) is 1.04. The second-order valence-corrected chi connectivity index (χ2v) is 8.16. The van der Waals surface area contributed by atoms with Gasteiger partial charge in [0.15, 0.2) is 0 Å². The fourth-order valence-corrected chi connectivity index (χ4v) is 2.69. The Hall–Kier alpha value is -2.19. The van der Waals surface area contributed by atoms with E-state index in [1.165, 1.54) is 6.21 Å². The second kappa shape index (κ2) is 9.14. The number of nitrogens with one attached hydrogen (secondary N) is 1. The van der Waals surface area contributed by atoms with Crippen LogP contribution in [0.2, 0.25) is 0 Å². The molecule has 0 spiro atoms. The summed E-state index contributed by atoms with van der Waals surface area (Å²) < 4.78 is 6.05. The highest BCUT2D eigenvalue weighted by atomic mass is 79.9. The van der Waals surface area contributed by atoms with E-state index < -0.39 is 5.60 Å². The Morgan fingerprint density at radius 3 is 2.19 bits per heavy atom. The van der Waals surface area contributed by atoms with Crippen molar-refractivity contribution < 1.29 is 19.6 Å². The normalized spacial score (nSPS) is 15.5. The highest BCUT2D eigenvalue weighted by molar-refractivity contribution is 9.12. The van der Waals surface area contributed by atoms with Crippen LogP contribution in [0.3, 0.4) is 0 Å². The molecule has 0 bridgehead atoms. The van der Waals surface area contributed by atoms with Gasteiger partial charge in [0.1, 0.15) is 17.5 Å². The largest absolute Gasteiger partial charge is 0.444 e. The van der Waals surface area contributed by atoms with Crippen LogP contribution in [-0.4, -0.2) is 59.8 Å². The van der Waals surface area contributed by atoms with Gasteiger partial charge >= 0.3 is 6.09 Å². The van der Waals surface area contributed by atoms with E-state index in [1.807, 2.05) is 38.2 Å². The first-order valence-corrected chi connectivity index (χ1v) is 9.57. The van der Waals surface area contributed by atoms with Crippen LogP contribution < -0.4 is 5.32 Å². The number of benzene rings is 1. The van der Waals surface area contributed by atoms with Crippen LogP contribution in [0.1, 0.15) is 31.1 Å². The first-order chi connectivity index (χ1) is 12.7. The van der Waals surface area contributed by atoms with Crippen molar-refractivity contribution in [3.63, 3.8) is 0 Å². The lowest BCUT2D eigenvalue weighted by molar-refractivity contribution is -0.496. The summed E-state index contributed by atoms with van der Waals surface area (Å²) in [5.74, 6) is -0.0402. The van der Waals surface area contributed by atoms with E-state index in [2.05, 4.69) is 15.9 Å². The molecule has 0 saturated carbocycles. The van der Waals surface area contributed by atoms with Crippen LogP contribution in [0.4, 0.5) is 10.5 Å². The number of halogens is 1. The molecule has 0 unspecified atom stereocenters. The van der Waals surface area contributed by atoms with Crippen molar-refractivity contribution in [2.24, 2.45) is 0 Å². The lowest BCUT2D eigenvalue weighted by Crippen LogP contribution is -2.71. The maximum Gasteiger partial charge on any atom is 0.410 e. The molecular formula is C19H26BrN4O3+. The molecule has 2 rings (SSSR count). The zero-order valence-corrected chi connectivity index (χ0v) is 17.5. The van der Waals surface area contributed by atoms with Crippen LogP contribution in [0.25, 0.3) is 0 Å². The summed E-state index contributed by atoms with van der Waals surface area (Å²) >= 11 is 3.24. The molecule has 0 aliphatic carbocycles. The number of hydrogen-bond acceptors (Lipinski definition) is 4. The monoisotopic (exact) mass is 437 g/mol. The Labute approximate surface area is 168 Å². The first kappa shape index (κ1) is 21.1. The van der Waals surface area contributed by atoms with Crippen LogP contribution in [0.5, 0.6) is 0 Å². The Morgan fingerprint density at radius 2 is 1.67 bits per heavy atom. The van der Waals surface area contributed by atoms with Gasteiger partial charge in [0, 0.05) is 50.1 Å². The van der Waals surface area contributed by atoms with E-state index in [0.717, 1.165) is 5.69 Å². The lowest BCUT2D eigenvalue weighted by Gasteiger charge is -2.35. The van der Waals surface area contributed by atoms with Crippen molar-refractivity contribution in [3.8, 4) is 0 Å². The Bertz CT molecular complexity index is 717. The number of hydrogen-bond donors (Lipinski definition) is 2. The molecule has 1 aromatic carbocycles. The first-order valence-electron chi connectivity index (χ1n) is 8.78. The average Bonchev–Trinajstić information content (AvgIpc) is 2.64. The van der Waals surface area contributed by atoms with Crippen molar-refractivity contribution in [1.29, 1.82) is 5.41 Å². The van der Waals surface area contributed by atoms with Crippen molar-refractivity contribution >= 4 is 39.8 Å². The molecule has 0 atom stereocenters. The third kappa shape index (κ3) is 6.48. The average molecular weight is 438 g/mol. The van der Waals surface area contributed by atoms with Gasteiger partial charge in [0.25, 0.3) is 5.91 Å². The van der Waals surface area contributed by atoms with E-state index in [9.17, 15) is 9.59 Å². The number of carbonyl (C=O) groups is 2. The van der Waals surface area contributed by atoms with Gasteiger partial charge in [0.05, 0.1) is 4.48 Å². The maximum absolute atomic E-state index is 12.7. The summed E-state index contributed by atoms with van der Waals surface area (Å²) in [6.45, 7) is 7.42. The maximum atomic E-state index is 12.7. The fraction of sp³-hybridized carbons (Fsp3) is 0.421. The number of nitrogens with two attached hydrogens (primary N) is 1. The number of allylic oxidation sites excluding steroid dienone is 1. The van der Waals surface area contributed by atoms with Crippen molar-refractivity contribution in [2.45, 2.75) is 26.4 Å².